The molecule has 2 heterocycles. The van der Waals surface area contributed by atoms with E-state index in [4.69, 9.17) is 10.5 Å². The van der Waals surface area contributed by atoms with Crippen molar-refractivity contribution in [3.63, 3.8) is 0 Å². The lowest BCUT2D eigenvalue weighted by Gasteiger charge is -2.10. The number of nitrogens with zero attached hydrogens (tertiary/aromatic N) is 3. The number of hydrogen-bond donors (Lipinski definition) is 2. The van der Waals surface area contributed by atoms with Crippen molar-refractivity contribution in [1.82, 2.24) is 14.8 Å². The van der Waals surface area contributed by atoms with Gasteiger partial charge in [-0.15, -0.1) is 21.5 Å². The van der Waals surface area contributed by atoms with Crippen LogP contribution in [0.3, 0.4) is 0 Å². The number of nitrogens with two attached hydrogens (primary N) is 1. The largest absolute Gasteiger partial charge is 0.497 e. The molecule has 8 nitrogen and oxygen atoms in total. The maximum absolute atomic E-state index is 12.5. The highest BCUT2D eigenvalue weighted by atomic mass is 32.2. The van der Waals surface area contributed by atoms with Gasteiger partial charge in [-0.3, -0.25) is 14.2 Å². The highest BCUT2D eigenvalue weighted by Gasteiger charge is 2.18. The van der Waals surface area contributed by atoms with E-state index in [0.717, 1.165) is 16.3 Å². The molecule has 4 rings (SSSR count). The van der Waals surface area contributed by atoms with Gasteiger partial charge in [-0.25, -0.2) is 0 Å². The van der Waals surface area contributed by atoms with Gasteiger partial charge in [-0.05, 0) is 60.0 Å². The molecule has 0 fully saturated rings. The molecule has 3 N–H and O–H groups in total. The van der Waals surface area contributed by atoms with E-state index in [1.165, 1.54) is 11.8 Å². The summed E-state index contributed by atoms with van der Waals surface area (Å²) in [4.78, 5) is 24.6. The number of ether oxygens (including phenoxy) is 1. The van der Waals surface area contributed by atoms with Crippen LogP contribution in [-0.4, -0.2) is 39.4 Å². The molecule has 10 heteroatoms. The number of carbonyl (C=O) groups excluding carboxylic acids is 2. The van der Waals surface area contributed by atoms with Gasteiger partial charge in [-0.1, -0.05) is 17.8 Å². The third-order valence-electron chi connectivity index (χ3n) is 4.49. The lowest BCUT2D eigenvalue weighted by Crippen LogP contribution is -2.15. The molecule has 0 aliphatic rings. The lowest BCUT2D eigenvalue weighted by atomic mass is 10.2. The number of nitrogens with one attached hydrogen (secondary N) is 1. The van der Waals surface area contributed by atoms with Crippen molar-refractivity contribution >= 4 is 40.6 Å². The number of amides is 2. The first kappa shape index (κ1) is 21.6. The van der Waals surface area contributed by atoms with E-state index in [-0.39, 0.29) is 11.7 Å². The minimum atomic E-state index is -0.516. The van der Waals surface area contributed by atoms with Gasteiger partial charge in [0.25, 0.3) is 0 Å². The molecule has 0 radical (unpaired) electrons. The number of carbonyl (C=O) groups is 2. The molecule has 0 saturated carbocycles. The summed E-state index contributed by atoms with van der Waals surface area (Å²) in [6.07, 6.45) is 0. The van der Waals surface area contributed by atoms with Gasteiger partial charge in [-0.2, -0.15) is 0 Å². The van der Waals surface area contributed by atoms with E-state index in [2.05, 4.69) is 15.5 Å². The van der Waals surface area contributed by atoms with E-state index in [0.29, 0.717) is 22.2 Å². The molecule has 2 amide bonds. The summed E-state index contributed by atoms with van der Waals surface area (Å²) < 4.78 is 7.17. The SMILES string of the molecule is COc1ccc(-n2c(SCC(=O)Nc3ccc(C(N)=O)cc3)nnc2-c2cccs2)cc1. The first-order valence-corrected chi connectivity index (χ1v) is 11.4. The van der Waals surface area contributed by atoms with Crippen molar-refractivity contribution < 1.29 is 14.3 Å². The van der Waals surface area contributed by atoms with E-state index < -0.39 is 5.91 Å². The Labute approximate surface area is 192 Å². The molecule has 0 spiro atoms. The van der Waals surface area contributed by atoms with Crippen molar-refractivity contribution in [3.8, 4) is 22.1 Å². The first-order chi connectivity index (χ1) is 15.5. The van der Waals surface area contributed by atoms with Crippen molar-refractivity contribution in [2.24, 2.45) is 5.73 Å². The van der Waals surface area contributed by atoms with Crippen LogP contribution in [0.25, 0.3) is 16.4 Å². The van der Waals surface area contributed by atoms with Gasteiger partial charge in [0.15, 0.2) is 11.0 Å². The number of benzene rings is 2. The van der Waals surface area contributed by atoms with E-state index in [9.17, 15) is 9.59 Å². The zero-order valence-electron chi connectivity index (χ0n) is 17.0. The highest BCUT2D eigenvalue weighted by Crippen LogP contribution is 2.31. The zero-order chi connectivity index (χ0) is 22.5. The number of hydrogen-bond acceptors (Lipinski definition) is 7. The predicted octanol–water partition coefficient (Wildman–Crippen LogP) is 3.83. The van der Waals surface area contributed by atoms with Gasteiger partial charge in [0, 0.05) is 11.3 Å². The van der Waals surface area contributed by atoms with E-state index >= 15 is 0 Å². The second kappa shape index (κ2) is 9.67. The summed E-state index contributed by atoms with van der Waals surface area (Å²) in [7, 11) is 1.62. The fourth-order valence-corrected chi connectivity index (χ4v) is 4.39. The summed E-state index contributed by atoms with van der Waals surface area (Å²) in [6.45, 7) is 0. The summed E-state index contributed by atoms with van der Waals surface area (Å²) in [5.41, 5.74) is 7.07. The molecular formula is C22H19N5O3S2. The average molecular weight is 466 g/mol. The van der Waals surface area contributed by atoms with Gasteiger partial charge < -0.3 is 15.8 Å². The molecule has 0 saturated heterocycles. The Morgan fingerprint density at radius 3 is 2.47 bits per heavy atom. The van der Waals surface area contributed by atoms with Gasteiger partial charge in [0.2, 0.25) is 11.8 Å². The maximum Gasteiger partial charge on any atom is 0.248 e. The summed E-state index contributed by atoms with van der Waals surface area (Å²) in [5.74, 6) is 0.864. The van der Waals surface area contributed by atoms with E-state index in [1.807, 2.05) is 46.3 Å². The quantitative estimate of drug-likeness (QED) is 0.383. The molecule has 0 bridgehead atoms. The first-order valence-electron chi connectivity index (χ1n) is 9.51. The molecule has 0 aliphatic carbocycles. The molecule has 2 aromatic carbocycles. The standard InChI is InChI=1S/C22H19N5O3S2/c1-30-17-10-8-16(9-11-17)27-21(18-3-2-12-31-18)25-26-22(27)32-13-19(28)24-15-6-4-14(5-7-15)20(23)29/h2-12H,13H2,1H3,(H2,23,29)(H,24,28). The van der Waals surface area contributed by atoms with Crippen molar-refractivity contribution in [1.29, 1.82) is 0 Å². The fourth-order valence-electron chi connectivity index (χ4n) is 2.94. The van der Waals surface area contributed by atoms with Crippen LogP contribution < -0.4 is 15.8 Å². The molecule has 4 aromatic rings. The number of methoxy groups -OCH3 is 1. The Hall–Kier alpha value is -3.63. The summed E-state index contributed by atoms with van der Waals surface area (Å²) >= 11 is 2.85. The number of thioether (sulfide) groups is 1. The highest BCUT2D eigenvalue weighted by molar-refractivity contribution is 7.99. The average Bonchev–Trinajstić information content (AvgIpc) is 3.48. The van der Waals surface area contributed by atoms with E-state index in [1.54, 1.807) is 42.7 Å². The zero-order valence-corrected chi connectivity index (χ0v) is 18.7. The van der Waals surface area contributed by atoms with Crippen LogP contribution in [0.2, 0.25) is 0 Å². The summed E-state index contributed by atoms with van der Waals surface area (Å²) in [6, 6.07) is 17.9. The van der Waals surface area contributed by atoms with Gasteiger partial charge in [0.1, 0.15) is 5.75 Å². The Morgan fingerprint density at radius 2 is 1.84 bits per heavy atom. The summed E-state index contributed by atoms with van der Waals surface area (Å²) in [5, 5.41) is 14.1. The second-order valence-corrected chi connectivity index (χ2v) is 8.49. The Bertz CT molecular complexity index is 1220. The number of primary amides is 1. The van der Waals surface area contributed by atoms with Crippen LogP contribution >= 0.6 is 23.1 Å². The monoisotopic (exact) mass is 465 g/mol. The van der Waals surface area contributed by atoms with Crippen LogP contribution in [-0.2, 0) is 4.79 Å². The van der Waals surface area contributed by atoms with Crippen molar-refractivity contribution in [3.05, 3.63) is 71.6 Å². The van der Waals surface area contributed by atoms with Crippen LogP contribution in [0.1, 0.15) is 10.4 Å². The molecule has 162 valence electrons. The Balaban J connectivity index is 1.52. The van der Waals surface area contributed by atoms with Gasteiger partial charge >= 0.3 is 0 Å². The normalized spacial score (nSPS) is 10.7. The minimum absolute atomic E-state index is 0.135. The van der Waals surface area contributed by atoms with Gasteiger partial charge in [0.05, 0.1) is 23.4 Å². The number of thiophene rings is 1. The topological polar surface area (TPSA) is 112 Å². The third-order valence-corrected chi connectivity index (χ3v) is 6.29. The third kappa shape index (κ3) is 4.82. The van der Waals surface area contributed by atoms with Crippen LogP contribution in [0.15, 0.2) is 71.2 Å². The molecule has 32 heavy (non-hydrogen) atoms. The fraction of sp³-hybridized carbons (Fsp3) is 0.0909. The molecular weight excluding hydrogens is 446 g/mol. The molecule has 0 atom stereocenters. The number of aromatic nitrogens is 3. The lowest BCUT2D eigenvalue weighted by molar-refractivity contribution is -0.113. The smallest absolute Gasteiger partial charge is 0.248 e. The van der Waals surface area contributed by atoms with Crippen LogP contribution in [0, 0.1) is 0 Å². The molecule has 2 aromatic heterocycles. The number of anilines is 1. The Kier molecular flexibility index (Phi) is 6.52. The van der Waals surface area contributed by atoms with Crippen LogP contribution in [0.5, 0.6) is 5.75 Å². The van der Waals surface area contributed by atoms with Crippen LogP contribution in [0.4, 0.5) is 5.69 Å². The predicted molar refractivity (Wildman–Crippen MR) is 126 cm³/mol. The Morgan fingerprint density at radius 1 is 1.09 bits per heavy atom. The van der Waals surface area contributed by atoms with Crippen molar-refractivity contribution in [2.75, 3.05) is 18.2 Å². The minimum Gasteiger partial charge on any atom is -0.497 e. The second-order valence-electron chi connectivity index (χ2n) is 6.60. The van der Waals surface area contributed by atoms with Crippen molar-refractivity contribution in [2.45, 2.75) is 5.16 Å². The number of rotatable bonds is 8. The molecule has 0 unspecified atom stereocenters. The molecule has 0 aliphatic heterocycles. The maximum atomic E-state index is 12.5.